The summed E-state index contributed by atoms with van der Waals surface area (Å²) in [7, 11) is 0. The molecule has 0 bridgehead atoms. The van der Waals surface area contributed by atoms with E-state index in [-0.39, 0.29) is 74.3 Å². The van der Waals surface area contributed by atoms with Crippen molar-refractivity contribution >= 4 is 35.0 Å². The average Bonchev–Trinajstić information content (AvgIpc) is 2.66. The van der Waals surface area contributed by atoms with Crippen molar-refractivity contribution in [2.75, 3.05) is 0 Å². The molecule has 1 fully saturated rings. The Morgan fingerprint density at radius 1 is 1.47 bits per heavy atom. The molecule has 5 heteroatoms. The minimum absolute atomic E-state index is 0. The summed E-state index contributed by atoms with van der Waals surface area (Å²) in [5.74, 6) is 1.39. The van der Waals surface area contributed by atoms with Gasteiger partial charge in [0.2, 0.25) is 0 Å². The average molecular weight is 409 g/mol. The normalized spacial score (nSPS) is 23.5. The van der Waals surface area contributed by atoms with Crippen LogP contribution in [0.4, 0.5) is 0 Å². The molecule has 1 unspecified atom stereocenters. The van der Waals surface area contributed by atoms with Crippen LogP contribution < -0.4 is 68.9 Å². The van der Waals surface area contributed by atoms with Gasteiger partial charge in [-0.3, -0.25) is 0 Å². The van der Waals surface area contributed by atoms with E-state index in [0.29, 0.717) is 5.92 Å². The van der Waals surface area contributed by atoms with Gasteiger partial charge in [0.25, 0.3) is 0 Å². The van der Waals surface area contributed by atoms with Crippen molar-refractivity contribution < 1.29 is 73.6 Å². The van der Waals surface area contributed by atoms with Crippen LogP contribution in [0, 0.1) is 12.5 Å². The third-order valence-corrected chi connectivity index (χ3v) is 4.22. The van der Waals surface area contributed by atoms with Crippen LogP contribution in [0.2, 0.25) is 10.0 Å². The molecule has 1 heterocycles. The van der Waals surface area contributed by atoms with E-state index in [0.717, 1.165) is 27.8 Å². The summed E-state index contributed by atoms with van der Waals surface area (Å²) in [6, 6.07) is 5.56. The second-order valence-corrected chi connectivity index (χ2v) is 5.95. The molecule has 1 aromatic rings. The third kappa shape index (κ3) is 5.58. The molecule has 0 saturated carbocycles. The predicted molar refractivity (Wildman–Crippen MR) is 70.7 cm³/mol. The summed E-state index contributed by atoms with van der Waals surface area (Å²) in [6.45, 7) is 4.07. The second kappa shape index (κ2) is 8.45. The first-order chi connectivity index (χ1) is 7.65. The van der Waals surface area contributed by atoms with Crippen molar-refractivity contribution in [1.29, 1.82) is 0 Å². The molecule has 0 spiro atoms. The van der Waals surface area contributed by atoms with Crippen LogP contribution in [0.5, 0.6) is 0 Å². The van der Waals surface area contributed by atoms with Gasteiger partial charge in [0, 0.05) is 15.8 Å². The summed E-state index contributed by atoms with van der Waals surface area (Å²) in [5, 5.41) is 1.50. The molecule has 0 aliphatic carbocycles. The summed E-state index contributed by atoms with van der Waals surface area (Å²) in [5.41, 5.74) is 1.33. The van der Waals surface area contributed by atoms with E-state index in [4.69, 9.17) is 27.9 Å². The number of hydrogen-bond acceptors (Lipinski definition) is 2. The molecule has 0 N–H and O–H groups in total. The maximum Gasteiger partial charge on any atom is 1.00 e. The van der Waals surface area contributed by atoms with E-state index in [1.807, 2.05) is 18.7 Å². The molecule has 2 rings (SSSR count). The minimum Gasteiger partial charge on any atom is -0.542 e. The smallest absolute Gasteiger partial charge is 0.542 e. The largest absolute Gasteiger partial charge is 1.00 e. The molecule has 0 aromatic heterocycles. The van der Waals surface area contributed by atoms with Gasteiger partial charge >= 0.3 is 68.9 Å². The monoisotopic (exact) mass is 408 g/mol. The first kappa shape index (κ1) is 17.2. The number of ether oxygens (including phenoxy) is 1. The van der Waals surface area contributed by atoms with Crippen molar-refractivity contribution in [3.05, 3.63) is 40.4 Å². The van der Waals surface area contributed by atoms with Crippen LogP contribution in [0.3, 0.4) is 0 Å². The van der Waals surface area contributed by atoms with Crippen LogP contribution in [0.25, 0.3) is 0 Å². The molecule has 1 saturated heterocycles. The Morgan fingerprint density at radius 3 is 2.88 bits per heavy atom. The fourth-order valence-electron chi connectivity index (χ4n) is 1.58. The van der Waals surface area contributed by atoms with Crippen LogP contribution in [0.1, 0.15) is 18.9 Å². The molecule has 1 aliphatic heterocycles. The third-order valence-electron chi connectivity index (χ3n) is 2.46. The summed E-state index contributed by atoms with van der Waals surface area (Å²) >= 11 is 13.8. The predicted octanol–water partition coefficient (Wildman–Crippen LogP) is 1.77. The molecular weight excluding hydrogens is 396 g/mol. The quantitative estimate of drug-likeness (QED) is 0.705. The second-order valence-electron chi connectivity index (χ2n) is 3.96. The van der Waals surface area contributed by atoms with Gasteiger partial charge in [-0.1, -0.05) is 30.1 Å². The van der Waals surface area contributed by atoms with Crippen LogP contribution >= 0.6 is 35.0 Å². The number of thioether (sulfide) groups is 1. The maximum absolute atomic E-state index is 6.09. The van der Waals surface area contributed by atoms with E-state index < -0.39 is 0 Å². The van der Waals surface area contributed by atoms with Crippen molar-refractivity contribution in [3.63, 3.8) is 0 Å². The zero-order valence-electron chi connectivity index (χ0n) is 9.95. The number of rotatable bonds is 3. The Hall–Kier alpha value is 2.16. The van der Waals surface area contributed by atoms with E-state index in [1.165, 1.54) is 0 Å². The van der Waals surface area contributed by atoms with Crippen LogP contribution in [0.15, 0.2) is 18.2 Å². The van der Waals surface area contributed by atoms with E-state index in [9.17, 15) is 0 Å². The van der Waals surface area contributed by atoms with Gasteiger partial charge in [0.15, 0.2) is 0 Å². The summed E-state index contributed by atoms with van der Waals surface area (Å²) in [6.07, 6.45) is 1.07. The topological polar surface area (TPSA) is 9.23 Å². The molecule has 2 atom stereocenters. The zero-order valence-corrected chi connectivity index (χ0v) is 18.6. The first-order valence-electron chi connectivity index (χ1n) is 5.19. The molecule has 1 nitrogen and oxygen atoms in total. The molecule has 1 aromatic carbocycles. The molecule has 0 radical (unpaired) electrons. The minimum atomic E-state index is 0. The Kier molecular flexibility index (Phi) is 8.56. The SMILES string of the molecule is C[C@H]1[CH-]OC(SCc2cc(Cl)ccc2Cl)C1.[Cs+]. The molecular formula is C12H13Cl2CsOS. The van der Waals surface area contributed by atoms with Crippen LogP contribution in [-0.2, 0) is 10.5 Å². The molecule has 88 valence electrons. The Labute approximate surface area is 176 Å². The van der Waals surface area contributed by atoms with Gasteiger partial charge in [0.05, 0.1) is 5.44 Å². The Bertz CT molecular complexity index is 376. The van der Waals surface area contributed by atoms with Gasteiger partial charge in [-0.25, -0.2) is 6.61 Å². The zero-order chi connectivity index (χ0) is 11.5. The van der Waals surface area contributed by atoms with E-state index in [2.05, 4.69) is 6.92 Å². The van der Waals surface area contributed by atoms with E-state index >= 15 is 0 Å². The number of halogens is 2. The molecule has 1 aliphatic rings. The number of benzene rings is 1. The van der Waals surface area contributed by atoms with Gasteiger partial charge in [-0.05, 0) is 30.2 Å². The van der Waals surface area contributed by atoms with Gasteiger partial charge < -0.3 is 4.74 Å². The van der Waals surface area contributed by atoms with Crippen molar-refractivity contribution in [3.8, 4) is 0 Å². The van der Waals surface area contributed by atoms with Gasteiger partial charge in [0.1, 0.15) is 0 Å². The van der Waals surface area contributed by atoms with Gasteiger partial charge in [-0.2, -0.15) is 0 Å². The molecule has 0 amide bonds. The fourth-order valence-corrected chi connectivity index (χ4v) is 3.23. The number of hydrogen-bond donors (Lipinski definition) is 0. The summed E-state index contributed by atoms with van der Waals surface area (Å²) in [4.78, 5) is 0. The fraction of sp³-hybridized carbons (Fsp3) is 0.417. The first-order valence-corrected chi connectivity index (χ1v) is 7.00. The van der Waals surface area contributed by atoms with Crippen molar-refractivity contribution in [1.82, 2.24) is 0 Å². The maximum atomic E-state index is 6.09. The van der Waals surface area contributed by atoms with Crippen molar-refractivity contribution in [2.45, 2.75) is 24.5 Å². The Morgan fingerprint density at radius 2 is 2.24 bits per heavy atom. The summed E-state index contributed by atoms with van der Waals surface area (Å²) < 4.78 is 5.52. The van der Waals surface area contributed by atoms with Gasteiger partial charge in [-0.15, -0.1) is 17.7 Å². The van der Waals surface area contributed by atoms with Crippen LogP contribution in [-0.4, -0.2) is 5.44 Å². The van der Waals surface area contributed by atoms with E-state index in [1.54, 1.807) is 17.8 Å². The van der Waals surface area contributed by atoms with Crippen molar-refractivity contribution in [2.24, 2.45) is 5.92 Å². The molecule has 17 heavy (non-hydrogen) atoms. The standard InChI is InChI=1S/C12H13Cl2OS.Cs/c1-8-4-12(15-6-8)16-7-9-5-10(13)2-3-11(9)14;/h2-3,5-6,8,12H,4,7H2,1H3;/q-1;+1/t8-,12?;/m1./s1. The Balaban J connectivity index is 0.00000144.